The summed E-state index contributed by atoms with van der Waals surface area (Å²) >= 11 is 0. The molecule has 5 N–H and O–H groups in total. The van der Waals surface area contributed by atoms with Gasteiger partial charge in [-0.2, -0.15) is 0 Å². The Kier molecular flexibility index (Phi) is 11.4. The van der Waals surface area contributed by atoms with Crippen LogP contribution in [0.5, 0.6) is 0 Å². The zero-order valence-electron chi connectivity index (χ0n) is 19.1. The van der Waals surface area contributed by atoms with E-state index in [2.05, 4.69) is 0 Å². The number of aliphatic carboxylic acids is 3. The lowest BCUT2D eigenvalue weighted by Gasteiger charge is -2.33. The molecule has 2 rings (SSSR count). The molecule has 12 nitrogen and oxygen atoms in total. The maximum atomic E-state index is 11.4. The minimum absolute atomic E-state index is 0.189. The van der Waals surface area contributed by atoms with Crippen molar-refractivity contribution in [3.8, 4) is 0 Å². The van der Waals surface area contributed by atoms with Gasteiger partial charge in [0.1, 0.15) is 0 Å². The zero-order chi connectivity index (χ0) is 25.1. The predicted molar refractivity (Wildman–Crippen MR) is 124 cm³/mol. The van der Waals surface area contributed by atoms with Gasteiger partial charge in [0, 0.05) is 58.9 Å². The average Bonchev–Trinajstić information content (AvgIpc) is 2.74. The molecule has 1 fully saturated rings. The molecular formula is C21H33BN4O8. The number of nitrogens with zero attached hydrogens (tertiary/aromatic N) is 4. The number of carboxylic acid groups (broad SMARTS) is 3. The Morgan fingerprint density at radius 2 is 1.00 bits per heavy atom. The van der Waals surface area contributed by atoms with Crippen LogP contribution in [0.15, 0.2) is 24.3 Å². The fourth-order valence-electron chi connectivity index (χ4n) is 3.96. The first kappa shape index (κ1) is 27.7. The monoisotopic (exact) mass is 480 g/mol. The van der Waals surface area contributed by atoms with E-state index in [9.17, 15) is 39.8 Å². The number of hydrogen-bond acceptors (Lipinski definition) is 9. The molecule has 1 heterocycles. The van der Waals surface area contributed by atoms with Crippen molar-refractivity contribution >= 4 is 30.5 Å². The number of rotatable bonds is 9. The van der Waals surface area contributed by atoms with Gasteiger partial charge in [-0.1, -0.05) is 24.3 Å². The summed E-state index contributed by atoms with van der Waals surface area (Å²) in [5.41, 5.74) is 1.09. The fourth-order valence-corrected chi connectivity index (χ4v) is 3.96. The minimum Gasteiger partial charge on any atom is -0.480 e. The third kappa shape index (κ3) is 10.2. The summed E-state index contributed by atoms with van der Waals surface area (Å²) in [4.78, 5) is 41.2. The Balaban J connectivity index is 2.22. The van der Waals surface area contributed by atoms with Crippen LogP contribution in [-0.4, -0.2) is 142 Å². The molecule has 0 aromatic heterocycles. The Hall–Kier alpha value is -2.55. The van der Waals surface area contributed by atoms with Gasteiger partial charge in [0.15, 0.2) is 0 Å². The molecule has 0 atom stereocenters. The Morgan fingerprint density at radius 3 is 1.35 bits per heavy atom. The Labute approximate surface area is 198 Å². The van der Waals surface area contributed by atoms with Gasteiger partial charge < -0.3 is 25.4 Å². The van der Waals surface area contributed by atoms with Crippen molar-refractivity contribution in [2.75, 3.05) is 72.0 Å². The molecule has 0 spiro atoms. The van der Waals surface area contributed by atoms with Crippen molar-refractivity contribution in [3.05, 3.63) is 29.8 Å². The van der Waals surface area contributed by atoms with Crippen LogP contribution in [0.4, 0.5) is 0 Å². The van der Waals surface area contributed by atoms with Crippen LogP contribution in [0.2, 0.25) is 0 Å². The summed E-state index contributed by atoms with van der Waals surface area (Å²) in [6.45, 7) is 2.86. The lowest BCUT2D eigenvalue weighted by Crippen LogP contribution is -2.48. The van der Waals surface area contributed by atoms with Gasteiger partial charge in [-0.25, -0.2) is 0 Å². The van der Waals surface area contributed by atoms with Gasteiger partial charge in [0.25, 0.3) is 0 Å². The van der Waals surface area contributed by atoms with Crippen LogP contribution in [0.3, 0.4) is 0 Å². The van der Waals surface area contributed by atoms with Crippen LogP contribution in [0.25, 0.3) is 0 Å². The maximum absolute atomic E-state index is 11.4. The van der Waals surface area contributed by atoms with E-state index in [1.54, 1.807) is 39.0 Å². The predicted octanol–water partition coefficient (Wildman–Crippen LogP) is -2.66. The van der Waals surface area contributed by atoms with E-state index in [0.29, 0.717) is 69.9 Å². The molecule has 0 amide bonds. The SMILES string of the molecule is O=C(O)CN1CCN(CC(=O)O)CCN(Cc2ccccc2B(O)O)CCN(CC(=O)O)CC1. The van der Waals surface area contributed by atoms with Crippen LogP contribution < -0.4 is 5.46 Å². The fraction of sp³-hybridized carbons (Fsp3) is 0.571. The second-order valence-corrected chi connectivity index (χ2v) is 8.36. The lowest BCUT2D eigenvalue weighted by atomic mass is 9.77. The van der Waals surface area contributed by atoms with Crippen molar-refractivity contribution < 1.29 is 39.8 Å². The number of carboxylic acids is 3. The van der Waals surface area contributed by atoms with Gasteiger partial charge in [0.05, 0.1) is 19.6 Å². The first-order valence-corrected chi connectivity index (χ1v) is 11.1. The zero-order valence-corrected chi connectivity index (χ0v) is 19.1. The van der Waals surface area contributed by atoms with E-state index in [1.807, 2.05) is 4.90 Å². The highest BCUT2D eigenvalue weighted by molar-refractivity contribution is 6.59. The largest absolute Gasteiger partial charge is 0.488 e. The molecule has 0 radical (unpaired) electrons. The van der Waals surface area contributed by atoms with Crippen LogP contribution in [-0.2, 0) is 20.9 Å². The summed E-state index contributed by atoms with van der Waals surface area (Å²) in [5.74, 6) is -2.97. The highest BCUT2D eigenvalue weighted by atomic mass is 16.4. The van der Waals surface area contributed by atoms with Crippen LogP contribution in [0, 0.1) is 0 Å². The Bertz CT molecular complexity index is 796. The quantitative estimate of drug-likeness (QED) is 0.233. The van der Waals surface area contributed by atoms with E-state index in [-0.39, 0.29) is 19.6 Å². The molecular weight excluding hydrogens is 447 g/mol. The number of hydrogen-bond donors (Lipinski definition) is 5. The van der Waals surface area contributed by atoms with Gasteiger partial charge in [-0.3, -0.25) is 34.0 Å². The minimum atomic E-state index is -1.63. The van der Waals surface area contributed by atoms with Gasteiger partial charge in [-0.15, -0.1) is 0 Å². The van der Waals surface area contributed by atoms with E-state index < -0.39 is 25.0 Å². The van der Waals surface area contributed by atoms with Gasteiger partial charge in [0.2, 0.25) is 0 Å². The standard InChI is InChI=1S/C21H33BN4O8/c27-19(28)14-24-7-5-23(13-17-3-1-2-4-18(17)22(33)34)6-8-25(15-20(29)30)10-12-26(11-9-24)16-21(31)32/h1-4,33-34H,5-16H2,(H,27,28)(H,29,30)(H,31,32). The summed E-state index contributed by atoms with van der Waals surface area (Å²) in [7, 11) is -1.63. The lowest BCUT2D eigenvalue weighted by molar-refractivity contribution is -0.140. The van der Waals surface area contributed by atoms with Gasteiger partial charge >= 0.3 is 25.0 Å². The number of benzene rings is 1. The summed E-state index contributed by atoms with van der Waals surface area (Å²) < 4.78 is 0. The maximum Gasteiger partial charge on any atom is 0.488 e. The normalized spacial score (nSPS) is 18.1. The molecule has 1 saturated heterocycles. The smallest absolute Gasteiger partial charge is 0.480 e. The summed E-state index contributed by atoms with van der Waals surface area (Å²) in [6, 6.07) is 6.92. The molecule has 0 aliphatic carbocycles. The molecule has 1 aromatic carbocycles. The molecule has 34 heavy (non-hydrogen) atoms. The molecule has 0 unspecified atom stereocenters. The van der Waals surface area contributed by atoms with Crippen molar-refractivity contribution in [1.82, 2.24) is 19.6 Å². The molecule has 0 bridgehead atoms. The van der Waals surface area contributed by atoms with Crippen molar-refractivity contribution in [3.63, 3.8) is 0 Å². The van der Waals surface area contributed by atoms with E-state index in [1.165, 1.54) is 0 Å². The third-order valence-corrected chi connectivity index (χ3v) is 5.73. The van der Waals surface area contributed by atoms with E-state index in [0.717, 1.165) is 0 Å². The van der Waals surface area contributed by atoms with Crippen molar-refractivity contribution in [1.29, 1.82) is 0 Å². The van der Waals surface area contributed by atoms with Crippen molar-refractivity contribution in [2.24, 2.45) is 0 Å². The third-order valence-electron chi connectivity index (χ3n) is 5.73. The Morgan fingerprint density at radius 1 is 0.647 bits per heavy atom. The molecule has 1 aliphatic heterocycles. The van der Waals surface area contributed by atoms with E-state index >= 15 is 0 Å². The molecule has 1 aliphatic rings. The first-order valence-electron chi connectivity index (χ1n) is 11.1. The molecule has 1 aromatic rings. The highest BCUT2D eigenvalue weighted by Gasteiger charge is 2.22. The second-order valence-electron chi connectivity index (χ2n) is 8.36. The highest BCUT2D eigenvalue weighted by Crippen LogP contribution is 2.07. The van der Waals surface area contributed by atoms with Crippen molar-refractivity contribution in [2.45, 2.75) is 6.54 Å². The number of carbonyl (C=O) groups is 3. The van der Waals surface area contributed by atoms with Crippen LogP contribution in [0.1, 0.15) is 5.56 Å². The van der Waals surface area contributed by atoms with E-state index in [4.69, 9.17) is 0 Å². The average molecular weight is 480 g/mol. The summed E-state index contributed by atoms with van der Waals surface area (Å²) in [5, 5.41) is 47.2. The molecule has 0 saturated carbocycles. The molecule has 188 valence electrons. The second kappa shape index (κ2) is 14.0. The molecule has 13 heteroatoms. The van der Waals surface area contributed by atoms with Gasteiger partial charge in [-0.05, 0) is 11.0 Å². The van der Waals surface area contributed by atoms with Crippen LogP contribution >= 0.6 is 0 Å². The summed E-state index contributed by atoms with van der Waals surface area (Å²) in [6.07, 6.45) is 0. The first-order chi connectivity index (χ1) is 16.1. The topological polar surface area (TPSA) is 165 Å².